The molecule has 0 radical (unpaired) electrons. The Hall–Kier alpha value is -3.45. The van der Waals surface area contributed by atoms with Crippen molar-refractivity contribution in [3.8, 4) is 5.75 Å². The Morgan fingerprint density at radius 3 is 2.19 bits per heavy atom. The van der Waals surface area contributed by atoms with Crippen LogP contribution in [0.3, 0.4) is 0 Å². The number of aromatic nitrogens is 1. The smallest absolute Gasteiger partial charge is 0.422 e. The predicted molar refractivity (Wildman–Crippen MR) is 137 cm³/mol. The Morgan fingerprint density at radius 1 is 0.757 bits per heavy atom. The van der Waals surface area contributed by atoms with Crippen molar-refractivity contribution in [2.75, 3.05) is 20.3 Å². The maximum atomic E-state index is 15.2. The standard InChI is InChI=1S/C30H29F4NO2/c1-36-17-16-23-4-12-26(35-19-23)11-3-22-7-15-28-25(18-22)10-9-24(29(28)31)8-2-21-5-13-27(14-6-21)37-20-30(32,33)34/h4-7,9-10,12-15,18-19H,2-3,8,11,16-17,20H2,1H3. The number of pyridine rings is 1. The van der Waals surface area contributed by atoms with Crippen LogP contribution in [0.2, 0.25) is 0 Å². The molecule has 0 aliphatic carbocycles. The minimum Gasteiger partial charge on any atom is -0.484 e. The zero-order valence-corrected chi connectivity index (χ0v) is 20.7. The van der Waals surface area contributed by atoms with Crippen LogP contribution < -0.4 is 4.74 Å². The van der Waals surface area contributed by atoms with Crippen LogP contribution in [0.25, 0.3) is 10.8 Å². The molecular formula is C30H29F4NO2. The van der Waals surface area contributed by atoms with E-state index < -0.39 is 12.8 Å². The van der Waals surface area contributed by atoms with Crippen LogP contribution in [0.4, 0.5) is 17.6 Å². The summed E-state index contributed by atoms with van der Waals surface area (Å²) in [5, 5.41) is 1.44. The number of aryl methyl sites for hydroxylation is 4. The lowest BCUT2D eigenvalue weighted by atomic mass is 9.98. The highest BCUT2D eigenvalue weighted by Gasteiger charge is 2.28. The average Bonchev–Trinajstić information content (AvgIpc) is 2.90. The highest BCUT2D eigenvalue weighted by atomic mass is 19.4. The molecule has 1 heterocycles. The molecule has 37 heavy (non-hydrogen) atoms. The van der Waals surface area contributed by atoms with E-state index in [-0.39, 0.29) is 11.6 Å². The number of alkyl halides is 3. The van der Waals surface area contributed by atoms with Gasteiger partial charge >= 0.3 is 6.18 Å². The molecule has 0 N–H and O–H groups in total. The quantitative estimate of drug-likeness (QED) is 0.202. The second-order valence-corrected chi connectivity index (χ2v) is 9.04. The fraction of sp³-hybridized carbons (Fsp3) is 0.300. The molecule has 0 atom stereocenters. The van der Waals surface area contributed by atoms with E-state index in [4.69, 9.17) is 9.47 Å². The van der Waals surface area contributed by atoms with Gasteiger partial charge in [0.05, 0.1) is 6.61 Å². The Labute approximate surface area is 214 Å². The minimum atomic E-state index is -4.37. The summed E-state index contributed by atoms with van der Waals surface area (Å²) >= 11 is 0. The molecule has 0 bridgehead atoms. The van der Waals surface area contributed by atoms with Gasteiger partial charge < -0.3 is 9.47 Å². The number of rotatable bonds is 11. The van der Waals surface area contributed by atoms with E-state index in [1.165, 1.54) is 12.1 Å². The summed E-state index contributed by atoms with van der Waals surface area (Å²) in [6.07, 6.45) is 1.02. The molecule has 7 heteroatoms. The number of ether oxygens (including phenoxy) is 2. The van der Waals surface area contributed by atoms with Crippen LogP contribution in [0.15, 0.2) is 72.9 Å². The van der Waals surface area contributed by atoms with E-state index in [0.717, 1.165) is 47.0 Å². The van der Waals surface area contributed by atoms with Crippen molar-refractivity contribution < 1.29 is 27.0 Å². The summed E-state index contributed by atoms with van der Waals surface area (Å²) in [5.41, 5.74) is 4.79. The average molecular weight is 512 g/mol. The van der Waals surface area contributed by atoms with Crippen LogP contribution in [-0.2, 0) is 36.8 Å². The van der Waals surface area contributed by atoms with E-state index >= 15 is 4.39 Å². The van der Waals surface area contributed by atoms with Gasteiger partial charge in [-0.05, 0) is 77.9 Å². The Balaban J connectivity index is 1.34. The molecule has 0 fully saturated rings. The Morgan fingerprint density at radius 2 is 1.49 bits per heavy atom. The van der Waals surface area contributed by atoms with E-state index in [1.54, 1.807) is 19.2 Å². The first-order valence-electron chi connectivity index (χ1n) is 12.2. The van der Waals surface area contributed by atoms with Gasteiger partial charge in [-0.1, -0.05) is 48.5 Å². The largest absolute Gasteiger partial charge is 0.484 e. The van der Waals surface area contributed by atoms with Gasteiger partial charge in [0.1, 0.15) is 11.6 Å². The maximum absolute atomic E-state index is 15.2. The van der Waals surface area contributed by atoms with Crippen LogP contribution in [0.5, 0.6) is 5.75 Å². The first-order valence-corrected chi connectivity index (χ1v) is 12.2. The Kier molecular flexibility index (Phi) is 8.77. The van der Waals surface area contributed by atoms with Crippen molar-refractivity contribution in [3.05, 3.63) is 107 Å². The number of benzene rings is 3. The van der Waals surface area contributed by atoms with Gasteiger partial charge in [-0.15, -0.1) is 0 Å². The Bertz CT molecular complexity index is 1300. The lowest BCUT2D eigenvalue weighted by molar-refractivity contribution is -0.153. The molecule has 3 aromatic carbocycles. The summed E-state index contributed by atoms with van der Waals surface area (Å²) in [6, 6.07) is 20.1. The lowest BCUT2D eigenvalue weighted by Crippen LogP contribution is -2.19. The number of hydrogen-bond acceptors (Lipinski definition) is 3. The van der Waals surface area contributed by atoms with Gasteiger partial charge in [0, 0.05) is 24.4 Å². The molecule has 0 unspecified atom stereocenters. The first kappa shape index (κ1) is 26.6. The summed E-state index contributed by atoms with van der Waals surface area (Å²) in [7, 11) is 1.68. The molecule has 0 aliphatic rings. The third-order valence-corrected chi connectivity index (χ3v) is 6.26. The molecule has 0 spiro atoms. The van der Waals surface area contributed by atoms with Crippen molar-refractivity contribution >= 4 is 10.8 Å². The van der Waals surface area contributed by atoms with E-state index in [9.17, 15) is 13.2 Å². The van der Waals surface area contributed by atoms with Crippen molar-refractivity contribution in [2.45, 2.75) is 38.3 Å². The molecular weight excluding hydrogens is 482 g/mol. The third kappa shape index (κ3) is 7.76. The summed E-state index contributed by atoms with van der Waals surface area (Å²) in [5.74, 6) is -0.0777. The lowest BCUT2D eigenvalue weighted by Gasteiger charge is -2.11. The van der Waals surface area contributed by atoms with Crippen LogP contribution in [-0.4, -0.2) is 31.5 Å². The minimum absolute atomic E-state index is 0.156. The summed E-state index contributed by atoms with van der Waals surface area (Å²) < 4.78 is 61.9. The van der Waals surface area contributed by atoms with E-state index in [2.05, 4.69) is 11.1 Å². The fourth-order valence-electron chi connectivity index (χ4n) is 4.17. The topological polar surface area (TPSA) is 31.4 Å². The van der Waals surface area contributed by atoms with Crippen LogP contribution in [0, 0.1) is 5.82 Å². The molecule has 194 valence electrons. The monoisotopic (exact) mass is 511 g/mol. The highest BCUT2D eigenvalue weighted by Crippen LogP contribution is 2.25. The van der Waals surface area contributed by atoms with Crippen molar-refractivity contribution in [1.82, 2.24) is 4.98 Å². The number of halogens is 4. The van der Waals surface area contributed by atoms with Crippen molar-refractivity contribution in [2.24, 2.45) is 0 Å². The normalized spacial score (nSPS) is 11.7. The zero-order chi connectivity index (χ0) is 26.3. The number of nitrogens with zero attached hydrogens (tertiary/aromatic N) is 1. The van der Waals surface area contributed by atoms with Gasteiger partial charge in [0.2, 0.25) is 0 Å². The zero-order valence-electron chi connectivity index (χ0n) is 20.7. The van der Waals surface area contributed by atoms with Gasteiger partial charge in [-0.2, -0.15) is 13.2 Å². The van der Waals surface area contributed by atoms with Crippen LogP contribution >= 0.6 is 0 Å². The predicted octanol–water partition coefficient (Wildman–Crippen LogP) is 7.07. The molecule has 0 saturated heterocycles. The molecule has 0 saturated carbocycles. The second-order valence-electron chi connectivity index (χ2n) is 9.04. The van der Waals surface area contributed by atoms with E-state index in [1.807, 2.05) is 42.6 Å². The van der Waals surface area contributed by atoms with Gasteiger partial charge in [-0.3, -0.25) is 4.98 Å². The summed E-state index contributed by atoms with van der Waals surface area (Å²) in [4.78, 5) is 4.54. The SMILES string of the molecule is COCCc1ccc(CCc2ccc3c(F)c(CCc4ccc(OCC(F)(F)F)cc4)ccc3c2)nc1. The van der Waals surface area contributed by atoms with E-state index in [0.29, 0.717) is 30.4 Å². The number of fused-ring (bicyclic) bond motifs is 1. The fourth-order valence-corrected chi connectivity index (χ4v) is 4.17. The number of hydrogen-bond donors (Lipinski definition) is 0. The first-order chi connectivity index (χ1) is 17.8. The van der Waals surface area contributed by atoms with Crippen molar-refractivity contribution in [1.29, 1.82) is 0 Å². The molecule has 4 aromatic rings. The maximum Gasteiger partial charge on any atom is 0.422 e. The molecule has 0 aliphatic heterocycles. The molecule has 4 rings (SSSR count). The third-order valence-electron chi connectivity index (χ3n) is 6.26. The molecule has 0 amide bonds. The van der Waals surface area contributed by atoms with Gasteiger partial charge in [0.15, 0.2) is 6.61 Å². The van der Waals surface area contributed by atoms with Gasteiger partial charge in [0.25, 0.3) is 0 Å². The highest BCUT2D eigenvalue weighted by molar-refractivity contribution is 5.84. The number of methoxy groups -OCH3 is 1. The molecule has 3 nitrogen and oxygen atoms in total. The summed E-state index contributed by atoms with van der Waals surface area (Å²) in [6.45, 7) is -0.650. The second kappa shape index (κ2) is 12.2. The molecule has 1 aromatic heterocycles. The van der Waals surface area contributed by atoms with Crippen LogP contribution in [0.1, 0.15) is 27.9 Å². The van der Waals surface area contributed by atoms with Gasteiger partial charge in [-0.25, -0.2) is 4.39 Å². The van der Waals surface area contributed by atoms with Crippen molar-refractivity contribution in [3.63, 3.8) is 0 Å².